The second-order valence-electron chi connectivity index (χ2n) is 8.85. The first-order valence-electron chi connectivity index (χ1n) is 11.2. The minimum absolute atomic E-state index is 0.127. The van der Waals surface area contributed by atoms with Crippen molar-refractivity contribution in [1.82, 2.24) is 14.7 Å². The van der Waals surface area contributed by atoms with Crippen LogP contribution in [-0.4, -0.2) is 51.2 Å². The van der Waals surface area contributed by atoms with E-state index in [1.165, 1.54) is 15.9 Å². The minimum atomic E-state index is -1.41. The molecule has 0 bridgehead atoms. The molecule has 1 atom stereocenters. The van der Waals surface area contributed by atoms with Gasteiger partial charge in [0.2, 0.25) is 5.91 Å². The number of carbonyl (C=O) groups is 3. The SMILES string of the molecule is Cn1cc(N2CCN3C(=O)N(c4c(F)cc(C#Cc5ccccc5)cc4Cl)C(=O)CC3(C)C2=O)cn1. The first-order chi connectivity index (χ1) is 17.2. The van der Waals surface area contributed by atoms with E-state index in [0.29, 0.717) is 11.3 Å². The molecule has 0 aliphatic carbocycles. The summed E-state index contributed by atoms with van der Waals surface area (Å²) in [5, 5.41) is 3.97. The maximum absolute atomic E-state index is 15.2. The molecule has 0 spiro atoms. The van der Waals surface area contributed by atoms with E-state index < -0.39 is 29.2 Å². The number of anilines is 2. The molecular weight excluding hydrogens is 485 g/mol. The molecule has 3 heterocycles. The molecule has 2 fully saturated rings. The van der Waals surface area contributed by atoms with E-state index in [4.69, 9.17) is 11.6 Å². The van der Waals surface area contributed by atoms with Gasteiger partial charge in [0.25, 0.3) is 5.91 Å². The standard InChI is InChI=1S/C26H21ClFN5O3/c1-26-14-22(34)33(25(36)32(26)11-10-31(24(26)35)19-15-29-30(2)16-19)23-20(27)12-18(13-21(23)28)9-8-17-6-4-3-5-7-17/h3-7,12-13,15-16H,10-11,14H2,1-2H3. The van der Waals surface area contributed by atoms with Crippen molar-refractivity contribution >= 4 is 40.8 Å². The van der Waals surface area contributed by atoms with Crippen molar-refractivity contribution in [2.75, 3.05) is 22.9 Å². The Hall–Kier alpha value is -4.16. The van der Waals surface area contributed by atoms with Gasteiger partial charge in [-0.25, -0.2) is 14.1 Å². The lowest BCUT2D eigenvalue weighted by Crippen LogP contribution is -2.72. The zero-order chi connectivity index (χ0) is 25.6. The molecule has 2 aliphatic rings. The van der Waals surface area contributed by atoms with Gasteiger partial charge in [-0.15, -0.1) is 0 Å². The Bertz CT molecular complexity index is 1440. The van der Waals surface area contributed by atoms with Gasteiger partial charge < -0.3 is 9.80 Å². The van der Waals surface area contributed by atoms with Crippen molar-refractivity contribution in [2.24, 2.45) is 7.05 Å². The number of halogens is 2. The summed E-state index contributed by atoms with van der Waals surface area (Å²) in [4.78, 5) is 43.6. The van der Waals surface area contributed by atoms with E-state index in [1.54, 1.807) is 31.0 Å². The van der Waals surface area contributed by atoms with Gasteiger partial charge in [-0.2, -0.15) is 5.10 Å². The van der Waals surface area contributed by atoms with Crippen molar-refractivity contribution in [3.63, 3.8) is 0 Å². The van der Waals surface area contributed by atoms with Crippen LogP contribution in [0.2, 0.25) is 5.02 Å². The van der Waals surface area contributed by atoms with E-state index in [1.807, 2.05) is 30.3 Å². The van der Waals surface area contributed by atoms with Gasteiger partial charge in [0.1, 0.15) is 17.0 Å². The van der Waals surface area contributed by atoms with Gasteiger partial charge in [0.05, 0.1) is 23.3 Å². The first-order valence-corrected chi connectivity index (χ1v) is 11.6. The van der Waals surface area contributed by atoms with E-state index in [9.17, 15) is 14.4 Å². The van der Waals surface area contributed by atoms with E-state index in [-0.39, 0.29) is 30.2 Å². The number of benzene rings is 2. The van der Waals surface area contributed by atoms with Crippen LogP contribution in [-0.2, 0) is 16.6 Å². The Balaban J connectivity index is 1.44. The highest BCUT2D eigenvalue weighted by Crippen LogP contribution is 2.39. The Morgan fingerprint density at radius 2 is 1.78 bits per heavy atom. The third kappa shape index (κ3) is 3.89. The number of hydrogen-bond donors (Lipinski definition) is 0. The van der Waals surface area contributed by atoms with E-state index in [0.717, 1.165) is 16.5 Å². The van der Waals surface area contributed by atoms with Crippen LogP contribution >= 0.6 is 11.6 Å². The summed E-state index contributed by atoms with van der Waals surface area (Å²) < 4.78 is 16.8. The Morgan fingerprint density at radius 1 is 1.06 bits per heavy atom. The fourth-order valence-corrected chi connectivity index (χ4v) is 4.86. The molecule has 36 heavy (non-hydrogen) atoms. The predicted molar refractivity (Wildman–Crippen MR) is 132 cm³/mol. The highest BCUT2D eigenvalue weighted by molar-refractivity contribution is 6.35. The molecule has 10 heteroatoms. The number of carbonyl (C=O) groups excluding carboxylic acids is 3. The smallest absolute Gasteiger partial charge is 0.307 e. The number of hydrogen-bond acceptors (Lipinski definition) is 4. The van der Waals surface area contributed by atoms with Gasteiger partial charge in [0, 0.05) is 37.5 Å². The number of urea groups is 1. The summed E-state index contributed by atoms with van der Waals surface area (Å²) in [6.45, 7) is 1.91. The molecule has 0 N–H and O–H groups in total. The van der Waals surface area contributed by atoms with Gasteiger partial charge >= 0.3 is 6.03 Å². The predicted octanol–water partition coefficient (Wildman–Crippen LogP) is 3.58. The Morgan fingerprint density at radius 3 is 2.44 bits per heavy atom. The molecule has 5 rings (SSSR count). The molecule has 2 aromatic carbocycles. The fourth-order valence-electron chi connectivity index (χ4n) is 4.56. The number of imide groups is 1. The third-order valence-corrected chi connectivity index (χ3v) is 6.67. The molecule has 4 amide bonds. The number of piperazine rings is 1. The lowest BCUT2D eigenvalue weighted by atomic mass is 9.88. The zero-order valence-electron chi connectivity index (χ0n) is 19.5. The average Bonchev–Trinajstić information content (AvgIpc) is 3.27. The van der Waals surface area contributed by atoms with Gasteiger partial charge in [0.15, 0.2) is 0 Å². The van der Waals surface area contributed by atoms with Gasteiger partial charge in [-0.05, 0) is 31.2 Å². The van der Waals surface area contributed by atoms with Crippen LogP contribution < -0.4 is 9.80 Å². The van der Waals surface area contributed by atoms with E-state index >= 15 is 4.39 Å². The molecule has 1 aromatic heterocycles. The second-order valence-corrected chi connectivity index (χ2v) is 9.25. The molecule has 1 unspecified atom stereocenters. The van der Waals surface area contributed by atoms with Crippen molar-refractivity contribution < 1.29 is 18.8 Å². The van der Waals surface area contributed by atoms with E-state index in [2.05, 4.69) is 16.9 Å². The van der Waals surface area contributed by atoms with Crippen LogP contribution in [0.3, 0.4) is 0 Å². The van der Waals surface area contributed by atoms with Crippen molar-refractivity contribution in [1.29, 1.82) is 0 Å². The van der Waals surface area contributed by atoms with Crippen molar-refractivity contribution in [3.8, 4) is 11.8 Å². The van der Waals surface area contributed by atoms with Gasteiger partial charge in [-0.3, -0.25) is 14.3 Å². The first kappa shape index (κ1) is 23.6. The number of aryl methyl sites for hydroxylation is 1. The lowest BCUT2D eigenvalue weighted by molar-refractivity contribution is -0.137. The van der Waals surface area contributed by atoms with Crippen LogP contribution in [0.4, 0.5) is 20.6 Å². The number of nitrogens with zero attached hydrogens (tertiary/aromatic N) is 5. The van der Waals surface area contributed by atoms with Crippen molar-refractivity contribution in [2.45, 2.75) is 18.9 Å². The number of rotatable bonds is 2. The Labute approximate surface area is 211 Å². The van der Waals surface area contributed by atoms with Gasteiger partial charge in [-0.1, -0.05) is 41.6 Å². The summed E-state index contributed by atoms with van der Waals surface area (Å²) in [6, 6.07) is 10.9. The fraction of sp³-hybridized carbons (Fsp3) is 0.231. The molecule has 0 radical (unpaired) electrons. The zero-order valence-corrected chi connectivity index (χ0v) is 20.3. The topological polar surface area (TPSA) is 78.8 Å². The summed E-state index contributed by atoms with van der Waals surface area (Å²) in [6.07, 6.45) is 2.92. The number of aromatic nitrogens is 2. The Kier molecular flexibility index (Phi) is 5.77. The second kappa shape index (κ2) is 8.81. The molecule has 8 nitrogen and oxygen atoms in total. The van der Waals surface area contributed by atoms with Crippen LogP contribution in [0.25, 0.3) is 0 Å². The highest BCUT2D eigenvalue weighted by atomic mass is 35.5. The highest BCUT2D eigenvalue weighted by Gasteiger charge is 2.56. The number of amides is 4. The molecule has 2 saturated heterocycles. The largest absolute Gasteiger partial charge is 0.332 e. The van der Waals surface area contributed by atoms with Crippen LogP contribution in [0.1, 0.15) is 24.5 Å². The quantitative estimate of drug-likeness (QED) is 0.499. The molecule has 0 saturated carbocycles. The summed E-state index contributed by atoms with van der Waals surface area (Å²) in [7, 11) is 1.73. The molecule has 2 aliphatic heterocycles. The number of fused-ring (bicyclic) bond motifs is 1. The van der Waals surface area contributed by atoms with Crippen LogP contribution in [0, 0.1) is 17.7 Å². The van der Waals surface area contributed by atoms with Crippen LogP contribution in [0.15, 0.2) is 54.9 Å². The summed E-state index contributed by atoms with van der Waals surface area (Å²) in [5.74, 6) is 3.79. The lowest BCUT2D eigenvalue weighted by Gasteiger charge is -2.51. The maximum Gasteiger partial charge on any atom is 0.332 e. The molecule has 3 aromatic rings. The van der Waals surface area contributed by atoms with Crippen molar-refractivity contribution in [3.05, 3.63) is 76.8 Å². The average molecular weight is 506 g/mol. The van der Waals surface area contributed by atoms with Crippen LogP contribution in [0.5, 0.6) is 0 Å². The molecule has 182 valence electrons. The monoisotopic (exact) mass is 505 g/mol. The minimum Gasteiger partial charge on any atom is -0.307 e. The summed E-state index contributed by atoms with van der Waals surface area (Å²) >= 11 is 6.37. The molecular formula is C26H21ClFN5O3. The normalized spacial score (nSPS) is 19.8. The third-order valence-electron chi connectivity index (χ3n) is 6.38. The summed E-state index contributed by atoms with van der Waals surface area (Å²) in [5.41, 5.74) is -0.142. The maximum atomic E-state index is 15.2.